The molecule has 0 unspecified atom stereocenters. The largest absolute Gasteiger partial charge is 0.492 e. The van der Waals surface area contributed by atoms with Crippen molar-refractivity contribution in [2.24, 2.45) is 0 Å². The first-order chi connectivity index (χ1) is 9.94. The highest BCUT2D eigenvalue weighted by atomic mass is 79.9. The van der Waals surface area contributed by atoms with Crippen molar-refractivity contribution in [3.8, 4) is 5.75 Å². The molecule has 0 heterocycles. The van der Waals surface area contributed by atoms with E-state index in [1.165, 1.54) is 20.3 Å². The van der Waals surface area contributed by atoms with E-state index in [0.717, 1.165) is 0 Å². The molecule has 0 atom stereocenters. The molecule has 1 rings (SSSR count). The number of rotatable bonds is 5. The van der Waals surface area contributed by atoms with Crippen molar-refractivity contribution in [1.29, 1.82) is 0 Å². The standard InChI is InChI=1S/C14H14Br2O5/c1-4-21-12-10(15)6-8(7-11(12)16)5-9(13(17)19-2)14(18)20-3/h5-7H,4H2,1-3H3. The van der Waals surface area contributed by atoms with Gasteiger partial charge in [-0.15, -0.1) is 0 Å². The molecule has 0 spiro atoms. The number of methoxy groups -OCH3 is 2. The minimum atomic E-state index is -0.761. The average molecular weight is 422 g/mol. The summed E-state index contributed by atoms with van der Waals surface area (Å²) < 4.78 is 16.0. The summed E-state index contributed by atoms with van der Waals surface area (Å²) in [4.78, 5) is 23.2. The summed E-state index contributed by atoms with van der Waals surface area (Å²) in [6.07, 6.45) is 1.39. The summed E-state index contributed by atoms with van der Waals surface area (Å²) in [6.45, 7) is 2.39. The highest BCUT2D eigenvalue weighted by Crippen LogP contribution is 2.35. The Morgan fingerprint density at radius 2 is 1.57 bits per heavy atom. The van der Waals surface area contributed by atoms with Gasteiger partial charge in [0.1, 0.15) is 11.3 Å². The van der Waals surface area contributed by atoms with Gasteiger partial charge in [0.15, 0.2) is 0 Å². The predicted molar refractivity (Wildman–Crippen MR) is 85.0 cm³/mol. The molecule has 1 aromatic rings. The fraction of sp³-hybridized carbons (Fsp3) is 0.286. The normalized spacial score (nSPS) is 9.76. The molecule has 21 heavy (non-hydrogen) atoms. The van der Waals surface area contributed by atoms with E-state index >= 15 is 0 Å². The third kappa shape index (κ3) is 4.57. The SMILES string of the molecule is CCOc1c(Br)cc(C=C(C(=O)OC)C(=O)OC)cc1Br. The van der Waals surface area contributed by atoms with Crippen LogP contribution in [0, 0.1) is 0 Å². The van der Waals surface area contributed by atoms with Crippen LogP contribution < -0.4 is 4.74 Å². The van der Waals surface area contributed by atoms with Gasteiger partial charge in [0.2, 0.25) is 0 Å². The molecule has 0 aliphatic carbocycles. The van der Waals surface area contributed by atoms with E-state index in [-0.39, 0.29) is 5.57 Å². The van der Waals surface area contributed by atoms with Crippen molar-refractivity contribution in [1.82, 2.24) is 0 Å². The van der Waals surface area contributed by atoms with Gasteiger partial charge in [-0.1, -0.05) is 0 Å². The Bertz CT molecular complexity index is 540. The second-order valence-electron chi connectivity index (χ2n) is 3.79. The Morgan fingerprint density at radius 3 is 1.95 bits per heavy atom. The van der Waals surface area contributed by atoms with E-state index in [1.54, 1.807) is 12.1 Å². The zero-order valence-corrected chi connectivity index (χ0v) is 14.9. The lowest BCUT2D eigenvalue weighted by molar-refractivity contribution is -0.143. The zero-order chi connectivity index (χ0) is 16.0. The fourth-order valence-electron chi connectivity index (χ4n) is 1.53. The third-order valence-electron chi connectivity index (χ3n) is 2.43. The molecule has 1 aromatic carbocycles. The van der Waals surface area contributed by atoms with Crippen LogP contribution in [0.1, 0.15) is 12.5 Å². The van der Waals surface area contributed by atoms with E-state index in [1.807, 2.05) is 6.92 Å². The summed E-state index contributed by atoms with van der Waals surface area (Å²) in [5.41, 5.74) is 0.422. The third-order valence-corrected chi connectivity index (χ3v) is 3.61. The van der Waals surface area contributed by atoms with Crippen molar-refractivity contribution in [2.75, 3.05) is 20.8 Å². The number of hydrogen-bond donors (Lipinski definition) is 0. The topological polar surface area (TPSA) is 61.8 Å². The van der Waals surface area contributed by atoms with Crippen LogP contribution >= 0.6 is 31.9 Å². The molecule has 0 aliphatic heterocycles. The predicted octanol–water partition coefficient (Wildman–Crippen LogP) is 3.34. The van der Waals surface area contributed by atoms with Crippen molar-refractivity contribution in [3.63, 3.8) is 0 Å². The lowest BCUT2D eigenvalue weighted by Gasteiger charge is -2.10. The molecule has 0 saturated carbocycles. The summed E-state index contributed by atoms with van der Waals surface area (Å²) >= 11 is 6.76. The van der Waals surface area contributed by atoms with E-state index in [2.05, 4.69) is 41.3 Å². The van der Waals surface area contributed by atoms with Gasteiger partial charge in [-0.2, -0.15) is 0 Å². The quantitative estimate of drug-likeness (QED) is 0.316. The fourth-order valence-corrected chi connectivity index (χ4v) is 2.98. The molecule has 0 fully saturated rings. The number of halogens is 2. The van der Waals surface area contributed by atoms with Gasteiger partial charge < -0.3 is 14.2 Å². The maximum Gasteiger partial charge on any atom is 0.345 e. The van der Waals surface area contributed by atoms with Gasteiger partial charge in [0, 0.05) is 0 Å². The number of benzene rings is 1. The van der Waals surface area contributed by atoms with Crippen LogP contribution in [0.25, 0.3) is 6.08 Å². The number of esters is 2. The lowest BCUT2D eigenvalue weighted by Crippen LogP contribution is -2.15. The molecule has 0 aliphatic rings. The smallest absolute Gasteiger partial charge is 0.345 e. The van der Waals surface area contributed by atoms with Gasteiger partial charge in [-0.05, 0) is 62.6 Å². The van der Waals surface area contributed by atoms with E-state index < -0.39 is 11.9 Å². The number of carbonyl (C=O) groups is 2. The van der Waals surface area contributed by atoms with Crippen molar-refractivity contribution in [2.45, 2.75) is 6.92 Å². The van der Waals surface area contributed by atoms with E-state index in [4.69, 9.17) is 4.74 Å². The number of hydrogen-bond acceptors (Lipinski definition) is 5. The van der Waals surface area contributed by atoms with Crippen LogP contribution in [-0.4, -0.2) is 32.8 Å². The van der Waals surface area contributed by atoms with Gasteiger partial charge in [0.05, 0.1) is 29.8 Å². The summed E-state index contributed by atoms with van der Waals surface area (Å²) in [7, 11) is 2.40. The molecule has 5 nitrogen and oxygen atoms in total. The minimum absolute atomic E-state index is 0.192. The molecule has 0 N–H and O–H groups in total. The van der Waals surface area contributed by atoms with Gasteiger partial charge in [-0.3, -0.25) is 0 Å². The van der Waals surface area contributed by atoms with Crippen LogP contribution in [0.2, 0.25) is 0 Å². The van der Waals surface area contributed by atoms with Crippen LogP contribution in [0.5, 0.6) is 5.75 Å². The van der Waals surface area contributed by atoms with Crippen molar-refractivity contribution < 1.29 is 23.8 Å². The molecule has 7 heteroatoms. The molecule has 0 saturated heterocycles. The highest BCUT2D eigenvalue weighted by Gasteiger charge is 2.20. The number of ether oxygens (including phenoxy) is 3. The Balaban J connectivity index is 3.28. The summed E-state index contributed by atoms with van der Waals surface area (Å²) in [6, 6.07) is 3.45. The minimum Gasteiger partial charge on any atom is -0.492 e. The maximum absolute atomic E-state index is 11.6. The molecule has 0 bridgehead atoms. The second-order valence-corrected chi connectivity index (χ2v) is 5.50. The molecule has 0 radical (unpaired) electrons. The molecule has 114 valence electrons. The van der Waals surface area contributed by atoms with Gasteiger partial charge in [-0.25, -0.2) is 9.59 Å². The Labute approximate surface area is 139 Å². The second kappa shape index (κ2) is 8.19. The highest BCUT2D eigenvalue weighted by molar-refractivity contribution is 9.11. The Kier molecular flexibility index (Phi) is 6.91. The lowest BCUT2D eigenvalue weighted by atomic mass is 10.1. The van der Waals surface area contributed by atoms with Crippen LogP contribution in [-0.2, 0) is 19.1 Å². The maximum atomic E-state index is 11.6. The summed E-state index contributed by atoms with van der Waals surface area (Å²) in [5.74, 6) is -0.877. The van der Waals surface area contributed by atoms with Crippen LogP contribution in [0.15, 0.2) is 26.7 Å². The first-order valence-corrected chi connectivity index (χ1v) is 7.53. The molecular weight excluding hydrogens is 408 g/mol. The van der Waals surface area contributed by atoms with Crippen LogP contribution in [0.4, 0.5) is 0 Å². The van der Waals surface area contributed by atoms with Crippen LogP contribution in [0.3, 0.4) is 0 Å². The van der Waals surface area contributed by atoms with Crippen molar-refractivity contribution in [3.05, 3.63) is 32.2 Å². The zero-order valence-electron chi connectivity index (χ0n) is 11.7. The molecular formula is C14H14Br2O5. The average Bonchev–Trinajstić information content (AvgIpc) is 2.47. The monoisotopic (exact) mass is 420 g/mol. The van der Waals surface area contributed by atoms with E-state index in [0.29, 0.717) is 26.9 Å². The Morgan fingerprint density at radius 1 is 1.10 bits per heavy atom. The molecule has 0 amide bonds. The van der Waals surface area contributed by atoms with E-state index in [9.17, 15) is 9.59 Å². The first-order valence-electron chi connectivity index (χ1n) is 5.94. The van der Waals surface area contributed by atoms with Gasteiger partial charge in [0.25, 0.3) is 0 Å². The Hall–Kier alpha value is -1.34. The summed E-state index contributed by atoms with van der Waals surface area (Å²) in [5, 5.41) is 0. The first kappa shape index (κ1) is 17.7. The number of carbonyl (C=O) groups excluding carboxylic acids is 2. The molecule has 0 aromatic heterocycles. The van der Waals surface area contributed by atoms with Gasteiger partial charge >= 0.3 is 11.9 Å². The van der Waals surface area contributed by atoms with Crippen molar-refractivity contribution >= 4 is 49.9 Å².